The highest BCUT2D eigenvalue weighted by molar-refractivity contribution is 7.47. The lowest BCUT2D eigenvalue weighted by atomic mass is 10.0. The van der Waals surface area contributed by atoms with Crippen molar-refractivity contribution < 1.29 is 37.3 Å². The molecule has 0 saturated heterocycles. The lowest BCUT2D eigenvalue weighted by molar-refractivity contribution is -0.870. The number of ether oxygens (including phenoxy) is 2. The highest BCUT2D eigenvalue weighted by Gasteiger charge is 2.26. The summed E-state index contributed by atoms with van der Waals surface area (Å²) >= 11 is 0. The van der Waals surface area contributed by atoms with Gasteiger partial charge in [-0.1, -0.05) is 136 Å². The summed E-state index contributed by atoms with van der Waals surface area (Å²) in [6.45, 7) is 5.47. The standard InChI is InChI=1S/C34H70NO7P/c1-6-8-10-11-12-13-14-15-16-17-18-19-20-21-22-23-24-26-29-39-31-33(42-34(36)27-25-9-7-2)32-41-43(37,38)40-30-28-35(3,4)5/h33H,6-32H2,1-5H3/p+1. The molecule has 9 heteroatoms. The number of nitrogens with zero attached hydrogens (tertiary/aromatic N) is 1. The van der Waals surface area contributed by atoms with E-state index >= 15 is 0 Å². The molecule has 1 N–H and O–H groups in total. The predicted molar refractivity (Wildman–Crippen MR) is 178 cm³/mol. The van der Waals surface area contributed by atoms with E-state index in [9.17, 15) is 14.3 Å². The number of hydrogen-bond donors (Lipinski definition) is 1. The highest BCUT2D eigenvalue weighted by atomic mass is 31.2. The third-order valence-corrected chi connectivity index (χ3v) is 8.65. The van der Waals surface area contributed by atoms with Gasteiger partial charge in [0.05, 0.1) is 34.4 Å². The van der Waals surface area contributed by atoms with Gasteiger partial charge >= 0.3 is 13.8 Å². The first-order chi connectivity index (χ1) is 20.6. The first kappa shape index (κ1) is 42.5. The number of phosphoric acid groups is 1. The summed E-state index contributed by atoms with van der Waals surface area (Å²) in [5.74, 6) is -0.336. The lowest BCUT2D eigenvalue weighted by Crippen LogP contribution is -2.37. The maximum atomic E-state index is 12.3. The summed E-state index contributed by atoms with van der Waals surface area (Å²) in [5.41, 5.74) is 0. The molecule has 2 unspecified atom stereocenters. The van der Waals surface area contributed by atoms with Gasteiger partial charge in [0, 0.05) is 13.0 Å². The van der Waals surface area contributed by atoms with Crippen molar-refractivity contribution in [1.82, 2.24) is 0 Å². The van der Waals surface area contributed by atoms with E-state index in [1.807, 2.05) is 21.1 Å². The van der Waals surface area contributed by atoms with Crippen LogP contribution in [0, 0.1) is 0 Å². The third-order valence-electron chi connectivity index (χ3n) is 7.67. The molecule has 0 rings (SSSR count). The second kappa shape index (κ2) is 28.9. The van der Waals surface area contributed by atoms with E-state index in [0.717, 1.165) is 32.1 Å². The van der Waals surface area contributed by atoms with Crippen LogP contribution in [-0.4, -0.2) is 75.6 Å². The molecule has 0 fully saturated rings. The van der Waals surface area contributed by atoms with Gasteiger partial charge in [0.15, 0.2) is 0 Å². The Kier molecular flexibility index (Phi) is 28.6. The largest absolute Gasteiger partial charge is 0.472 e. The minimum atomic E-state index is -4.24. The van der Waals surface area contributed by atoms with Crippen LogP contribution in [0.25, 0.3) is 0 Å². The van der Waals surface area contributed by atoms with Crippen molar-refractivity contribution >= 4 is 13.8 Å². The van der Waals surface area contributed by atoms with Crippen LogP contribution in [0.15, 0.2) is 0 Å². The maximum absolute atomic E-state index is 12.3. The summed E-state index contributed by atoms with van der Waals surface area (Å²) < 4.78 is 34.4. The van der Waals surface area contributed by atoms with Gasteiger partial charge in [-0.05, 0) is 12.8 Å². The normalized spacial score (nSPS) is 14.1. The fourth-order valence-corrected chi connectivity index (χ4v) is 5.59. The topological polar surface area (TPSA) is 91.3 Å². The van der Waals surface area contributed by atoms with Gasteiger partial charge < -0.3 is 18.9 Å². The fourth-order valence-electron chi connectivity index (χ4n) is 4.85. The minimum Gasteiger partial charge on any atom is -0.457 e. The van der Waals surface area contributed by atoms with E-state index in [2.05, 4.69) is 13.8 Å². The van der Waals surface area contributed by atoms with Crippen LogP contribution in [0.2, 0.25) is 0 Å². The first-order valence-corrected chi connectivity index (χ1v) is 19.3. The second-order valence-corrected chi connectivity index (χ2v) is 14.7. The number of hydrogen-bond acceptors (Lipinski definition) is 6. The molecule has 0 aromatic rings. The molecule has 0 amide bonds. The summed E-state index contributed by atoms with van der Waals surface area (Å²) in [4.78, 5) is 22.3. The SMILES string of the molecule is CCCCCCCCCCCCCCCCCCCCOCC(COP(=O)(O)OCC[N+](C)(C)C)OC(=O)CCCCC. The molecular weight excluding hydrogens is 565 g/mol. The fraction of sp³-hybridized carbons (Fsp3) is 0.971. The van der Waals surface area contributed by atoms with Crippen molar-refractivity contribution in [3.05, 3.63) is 0 Å². The number of phosphoric ester groups is 1. The van der Waals surface area contributed by atoms with Crippen molar-refractivity contribution in [2.45, 2.75) is 161 Å². The molecule has 8 nitrogen and oxygen atoms in total. The van der Waals surface area contributed by atoms with Crippen molar-refractivity contribution in [2.75, 3.05) is 54.1 Å². The Morgan fingerprint density at radius 2 is 1.07 bits per heavy atom. The summed E-state index contributed by atoms with van der Waals surface area (Å²) in [7, 11) is 1.67. The van der Waals surface area contributed by atoms with Crippen molar-refractivity contribution in [1.29, 1.82) is 0 Å². The van der Waals surface area contributed by atoms with E-state index in [0.29, 0.717) is 24.1 Å². The summed E-state index contributed by atoms with van der Waals surface area (Å²) in [6.07, 6.45) is 26.3. The third kappa shape index (κ3) is 32.7. The Labute approximate surface area is 266 Å². The summed E-state index contributed by atoms with van der Waals surface area (Å²) in [5, 5.41) is 0. The van der Waals surface area contributed by atoms with Gasteiger partial charge in [0.25, 0.3) is 0 Å². The Morgan fingerprint density at radius 1 is 0.628 bits per heavy atom. The number of rotatable bonds is 33. The number of likely N-dealkylation sites (N-methyl/N-ethyl adjacent to an activating group) is 1. The monoisotopic (exact) mass is 636 g/mol. The predicted octanol–water partition coefficient (Wildman–Crippen LogP) is 9.38. The zero-order valence-electron chi connectivity index (χ0n) is 29.0. The number of carbonyl (C=O) groups is 1. The van der Waals surface area contributed by atoms with Crippen LogP contribution in [0.5, 0.6) is 0 Å². The Morgan fingerprint density at radius 3 is 1.53 bits per heavy atom. The van der Waals surface area contributed by atoms with Crippen LogP contribution in [-0.2, 0) is 27.9 Å². The average Bonchev–Trinajstić information content (AvgIpc) is 2.94. The van der Waals surface area contributed by atoms with Gasteiger partial charge in [-0.25, -0.2) is 4.57 Å². The maximum Gasteiger partial charge on any atom is 0.472 e. The van der Waals surface area contributed by atoms with Gasteiger partial charge in [0.2, 0.25) is 0 Å². The highest BCUT2D eigenvalue weighted by Crippen LogP contribution is 2.43. The zero-order chi connectivity index (χ0) is 32.1. The van der Waals surface area contributed by atoms with Crippen molar-refractivity contribution in [3.63, 3.8) is 0 Å². The molecule has 0 saturated carbocycles. The number of quaternary nitrogens is 1. The smallest absolute Gasteiger partial charge is 0.457 e. The molecule has 0 aromatic carbocycles. The van der Waals surface area contributed by atoms with Crippen LogP contribution in [0.1, 0.15) is 155 Å². The van der Waals surface area contributed by atoms with Gasteiger partial charge in [-0.3, -0.25) is 13.8 Å². The number of esters is 1. The molecule has 0 aliphatic carbocycles. The van der Waals surface area contributed by atoms with Gasteiger partial charge in [-0.2, -0.15) is 0 Å². The van der Waals surface area contributed by atoms with E-state index in [1.54, 1.807) is 0 Å². The van der Waals surface area contributed by atoms with Gasteiger partial charge in [0.1, 0.15) is 19.3 Å². The average molecular weight is 637 g/mol. The van der Waals surface area contributed by atoms with E-state index < -0.39 is 13.9 Å². The van der Waals surface area contributed by atoms with Gasteiger partial charge in [-0.15, -0.1) is 0 Å². The second-order valence-electron chi connectivity index (χ2n) is 13.3. The van der Waals surface area contributed by atoms with Crippen molar-refractivity contribution in [2.24, 2.45) is 0 Å². The molecule has 0 aliphatic rings. The molecule has 0 aliphatic heterocycles. The molecule has 0 spiro atoms. The molecule has 0 radical (unpaired) electrons. The zero-order valence-corrected chi connectivity index (χ0v) is 29.9. The Bertz CT molecular complexity index is 672. The van der Waals surface area contributed by atoms with Crippen molar-refractivity contribution in [3.8, 4) is 0 Å². The van der Waals surface area contributed by atoms with E-state index in [-0.39, 0.29) is 25.8 Å². The van der Waals surface area contributed by atoms with Crippen LogP contribution >= 0.6 is 7.82 Å². The number of unbranched alkanes of at least 4 members (excludes halogenated alkanes) is 19. The van der Waals surface area contributed by atoms with Crippen LogP contribution in [0.3, 0.4) is 0 Å². The Balaban J connectivity index is 3.94. The Hall–Kier alpha value is -0.500. The van der Waals surface area contributed by atoms with E-state index in [1.165, 1.54) is 103 Å². The number of carbonyl (C=O) groups excluding carboxylic acids is 1. The molecule has 43 heavy (non-hydrogen) atoms. The molecule has 0 bridgehead atoms. The molecule has 0 aromatic heterocycles. The van der Waals surface area contributed by atoms with Crippen LogP contribution < -0.4 is 0 Å². The minimum absolute atomic E-state index is 0.0919. The quantitative estimate of drug-likeness (QED) is 0.0332. The lowest BCUT2D eigenvalue weighted by Gasteiger charge is -2.24. The van der Waals surface area contributed by atoms with E-state index in [4.69, 9.17) is 18.5 Å². The molecule has 2 atom stereocenters. The molecular formula is C34H71NO7P+. The van der Waals surface area contributed by atoms with Crippen LogP contribution in [0.4, 0.5) is 0 Å². The summed E-state index contributed by atoms with van der Waals surface area (Å²) in [6, 6.07) is 0. The molecule has 258 valence electrons. The molecule has 0 heterocycles. The first-order valence-electron chi connectivity index (χ1n) is 17.8.